The summed E-state index contributed by atoms with van der Waals surface area (Å²) in [6, 6.07) is 6.65. The molecule has 2 amide bonds. The Balaban J connectivity index is 2.00. The van der Waals surface area contributed by atoms with Gasteiger partial charge >= 0.3 is 6.03 Å². The molecule has 0 aliphatic heterocycles. The monoisotopic (exact) mass is 329 g/mol. The van der Waals surface area contributed by atoms with Crippen LogP contribution in [0.5, 0.6) is 5.75 Å². The van der Waals surface area contributed by atoms with Crippen molar-refractivity contribution in [1.29, 1.82) is 0 Å². The van der Waals surface area contributed by atoms with E-state index in [1.807, 2.05) is 23.6 Å². The Morgan fingerprint density at radius 1 is 1.46 bits per heavy atom. The molecular formula is C17H23N5O2. The molecule has 1 atom stereocenters. The second-order valence-corrected chi connectivity index (χ2v) is 5.30. The van der Waals surface area contributed by atoms with E-state index in [0.717, 1.165) is 18.8 Å². The molecule has 7 nitrogen and oxygen atoms in total. The topological polar surface area (TPSA) is 81.1 Å². The number of amides is 2. The highest BCUT2D eigenvalue weighted by atomic mass is 16.5. The maximum absolute atomic E-state index is 12.3. The Labute approximate surface area is 141 Å². The molecule has 0 radical (unpaired) electrons. The Hall–Kier alpha value is -2.83. The van der Waals surface area contributed by atoms with E-state index in [0.29, 0.717) is 18.0 Å². The quantitative estimate of drug-likeness (QED) is 0.729. The minimum absolute atomic E-state index is 0.264. The van der Waals surface area contributed by atoms with Gasteiger partial charge in [-0.1, -0.05) is 31.7 Å². The number of urea groups is 1. The standard InChI is InChI=1S/C17H23N5O2/c1-4-10-22-12-18-21-16(22)13(3)19-17(23)20-14-8-6-7-9-15(14)24-11-5-2/h5-9,12-13H,2,4,10-11H2,1,3H3,(H2,19,20,23)/t13-/m0/s1. The molecule has 0 unspecified atom stereocenters. The van der Waals surface area contributed by atoms with Crippen LogP contribution in [0, 0.1) is 0 Å². The first-order chi connectivity index (χ1) is 11.7. The molecule has 0 fully saturated rings. The summed E-state index contributed by atoms with van der Waals surface area (Å²) >= 11 is 0. The molecule has 0 spiro atoms. The largest absolute Gasteiger partial charge is 0.487 e. The van der Waals surface area contributed by atoms with Gasteiger partial charge in [0.2, 0.25) is 0 Å². The number of benzene rings is 1. The lowest BCUT2D eigenvalue weighted by molar-refractivity contribution is 0.248. The van der Waals surface area contributed by atoms with Gasteiger partial charge in [-0.25, -0.2) is 4.79 Å². The van der Waals surface area contributed by atoms with Crippen molar-refractivity contribution >= 4 is 11.7 Å². The van der Waals surface area contributed by atoms with E-state index in [9.17, 15) is 4.79 Å². The van der Waals surface area contributed by atoms with Crippen molar-refractivity contribution in [3.05, 3.63) is 49.1 Å². The van der Waals surface area contributed by atoms with Crippen molar-refractivity contribution in [3.63, 3.8) is 0 Å². The molecule has 24 heavy (non-hydrogen) atoms. The van der Waals surface area contributed by atoms with E-state index < -0.39 is 0 Å². The fraction of sp³-hybridized carbons (Fsp3) is 0.353. The van der Waals surface area contributed by atoms with Crippen LogP contribution in [0.1, 0.15) is 32.1 Å². The highest BCUT2D eigenvalue weighted by Gasteiger charge is 2.16. The zero-order valence-electron chi connectivity index (χ0n) is 14.0. The molecule has 2 rings (SSSR count). The third kappa shape index (κ3) is 4.58. The smallest absolute Gasteiger partial charge is 0.319 e. The van der Waals surface area contributed by atoms with Crippen molar-refractivity contribution < 1.29 is 9.53 Å². The van der Waals surface area contributed by atoms with Gasteiger partial charge in [-0.3, -0.25) is 0 Å². The molecule has 0 bridgehead atoms. The fourth-order valence-corrected chi connectivity index (χ4v) is 2.28. The molecule has 2 aromatic rings. The molecule has 1 aromatic carbocycles. The van der Waals surface area contributed by atoms with Crippen LogP contribution in [0.25, 0.3) is 0 Å². The van der Waals surface area contributed by atoms with Crippen molar-refractivity contribution in [2.75, 3.05) is 11.9 Å². The van der Waals surface area contributed by atoms with Crippen LogP contribution in [-0.2, 0) is 6.54 Å². The van der Waals surface area contributed by atoms with Gasteiger partial charge in [-0.05, 0) is 25.5 Å². The van der Waals surface area contributed by atoms with Crippen molar-refractivity contribution in [2.45, 2.75) is 32.9 Å². The first-order valence-corrected chi connectivity index (χ1v) is 7.93. The predicted octanol–water partition coefficient (Wildman–Crippen LogP) is 3.14. The third-order valence-corrected chi connectivity index (χ3v) is 3.34. The van der Waals surface area contributed by atoms with Gasteiger partial charge in [0.05, 0.1) is 11.7 Å². The first-order valence-electron chi connectivity index (χ1n) is 7.93. The number of nitrogens with one attached hydrogen (secondary N) is 2. The Kier molecular flexibility index (Phi) is 6.36. The number of anilines is 1. The van der Waals surface area contributed by atoms with E-state index in [4.69, 9.17) is 4.74 Å². The van der Waals surface area contributed by atoms with Gasteiger partial charge in [0.15, 0.2) is 5.82 Å². The third-order valence-electron chi connectivity index (χ3n) is 3.34. The number of ether oxygens (including phenoxy) is 1. The molecule has 0 aliphatic rings. The highest BCUT2D eigenvalue weighted by Crippen LogP contribution is 2.23. The van der Waals surface area contributed by atoms with E-state index in [2.05, 4.69) is 34.3 Å². The average molecular weight is 329 g/mol. The van der Waals surface area contributed by atoms with Gasteiger partial charge in [-0.2, -0.15) is 0 Å². The summed E-state index contributed by atoms with van der Waals surface area (Å²) < 4.78 is 7.47. The number of aromatic nitrogens is 3. The summed E-state index contributed by atoms with van der Waals surface area (Å²) in [5.41, 5.74) is 0.596. The Morgan fingerprint density at radius 3 is 3.00 bits per heavy atom. The number of carbonyl (C=O) groups excluding carboxylic acids is 1. The molecule has 0 aliphatic carbocycles. The fourth-order valence-electron chi connectivity index (χ4n) is 2.28. The molecule has 7 heteroatoms. The van der Waals surface area contributed by atoms with Gasteiger partial charge in [0, 0.05) is 6.54 Å². The highest BCUT2D eigenvalue weighted by molar-refractivity contribution is 5.91. The van der Waals surface area contributed by atoms with Gasteiger partial charge in [0.25, 0.3) is 0 Å². The van der Waals surface area contributed by atoms with Crippen LogP contribution in [0.3, 0.4) is 0 Å². The predicted molar refractivity (Wildman–Crippen MR) is 93.0 cm³/mol. The minimum atomic E-state index is -0.330. The summed E-state index contributed by atoms with van der Waals surface area (Å²) in [6.45, 7) is 8.75. The average Bonchev–Trinajstić information content (AvgIpc) is 3.03. The maximum atomic E-state index is 12.3. The number of aryl methyl sites for hydroxylation is 1. The Bertz CT molecular complexity index is 683. The van der Waals surface area contributed by atoms with Gasteiger partial charge < -0.3 is 19.9 Å². The lowest BCUT2D eigenvalue weighted by Crippen LogP contribution is -2.32. The van der Waals surface area contributed by atoms with Crippen molar-refractivity contribution in [3.8, 4) is 5.75 Å². The summed E-state index contributed by atoms with van der Waals surface area (Å²) in [6.07, 6.45) is 4.30. The lowest BCUT2D eigenvalue weighted by Gasteiger charge is -2.16. The van der Waals surface area contributed by atoms with E-state index in [1.54, 1.807) is 24.5 Å². The summed E-state index contributed by atoms with van der Waals surface area (Å²) in [7, 11) is 0. The zero-order chi connectivity index (χ0) is 17.4. The van der Waals surface area contributed by atoms with Crippen LogP contribution in [0.4, 0.5) is 10.5 Å². The van der Waals surface area contributed by atoms with Crippen molar-refractivity contribution in [2.24, 2.45) is 0 Å². The maximum Gasteiger partial charge on any atom is 0.319 e. The molecule has 128 valence electrons. The molecule has 2 N–H and O–H groups in total. The SMILES string of the molecule is C=CCOc1ccccc1NC(=O)N[C@@H](C)c1nncn1CCC. The summed E-state index contributed by atoms with van der Waals surface area (Å²) in [5.74, 6) is 1.32. The zero-order valence-corrected chi connectivity index (χ0v) is 14.0. The van der Waals surface area contributed by atoms with Crippen LogP contribution < -0.4 is 15.4 Å². The number of rotatable bonds is 8. The molecule has 0 saturated carbocycles. The van der Waals surface area contributed by atoms with E-state index >= 15 is 0 Å². The lowest BCUT2D eigenvalue weighted by atomic mass is 10.3. The summed E-state index contributed by atoms with van der Waals surface area (Å²) in [4.78, 5) is 12.3. The molecule has 1 heterocycles. The van der Waals surface area contributed by atoms with Crippen LogP contribution in [-0.4, -0.2) is 27.4 Å². The van der Waals surface area contributed by atoms with E-state index in [1.165, 1.54) is 0 Å². The van der Waals surface area contributed by atoms with Crippen LogP contribution >= 0.6 is 0 Å². The molecule has 0 saturated heterocycles. The summed E-state index contributed by atoms with van der Waals surface area (Å²) in [5, 5.41) is 13.7. The van der Waals surface area contributed by atoms with Crippen molar-refractivity contribution in [1.82, 2.24) is 20.1 Å². The minimum Gasteiger partial charge on any atom is -0.487 e. The number of hydrogen-bond acceptors (Lipinski definition) is 4. The van der Waals surface area contributed by atoms with Gasteiger partial charge in [-0.15, -0.1) is 10.2 Å². The second-order valence-electron chi connectivity index (χ2n) is 5.30. The number of nitrogens with zero attached hydrogens (tertiary/aromatic N) is 3. The Morgan fingerprint density at radius 2 is 2.25 bits per heavy atom. The number of hydrogen-bond donors (Lipinski definition) is 2. The number of para-hydroxylation sites is 2. The van der Waals surface area contributed by atoms with Crippen LogP contribution in [0.2, 0.25) is 0 Å². The first kappa shape index (κ1) is 17.5. The number of carbonyl (C=O) groups is 1. The normalized spacial score (nSPS) is 11.6. The molecule has 1 aromatic heterocycles. The van der Waals surface area contributed by atoms with E-state index in [-0.39, 0.29) is 12.1 Å². The van der Waals surface area contributed by atoms with Gasteiger partial charge in [0.1, 0.15) is 18.7 Å². The van der Waals surface area contributed by atoms with Crippen LogP contribution in [0.15, 0.2) is 43.2 Å². The molecular weight excluding hydrogens is 306 g/mol. The second kappa shape index (κ2) is 8.71.